The van der Waals surface area contributed by atoms with Gasteiger partial charge in [0.1, 0.15) is 0 Å². The Morgan fingerprint density at radius 3 is 2.21 bits per heavy atom. The minimum Gasteiger partial charge on any atom is -0.392 e. The van der Waals surface area contributed by atoms with Gasteiger partial charge in [-0.05, 0) is 13.3 Å². The molecule has 82 valence electrons. The van der Waals surface area contributed by atoms with Crippen molar-refractivity contribution in [3.05, 3.63) is 0 Å². The summed E-state index contributed by atoms with van der Waals surface area (Å²) in [6.45, 7) is 8.86. The molecule has 0 unspecified atom stereocenters. The average molecular weight is 216 g/mol. The second-order valence-corrected chi connectivity index (χ2v) is 4.55. The molecule has 0 radical (unpaired) electrons. The summed E-state index contributed by atoms with van der Waals surface area (Å²) in [6, 6.07) is 0. The van der Waals surface area contributed by atoms with Crippen molar-refractivity contribution in [1.82, 2.24) is 4.90 Å². The topological polar surface area (TPSA) is 46.3 Å². The summed E-state index contributed by atoms with van der Waals surface area (Å²) in [5.74, 6) is 0.121. The zero-order chi connectivity index (χ0) is 11.4. The van der Waals surface area contributed by atoms with Gasteiger partial charge in [-0.1, -0.05) is 33.0 Å². The Labute approximate surface area is 91.6 Å². The van der Waals surface area contributed by atoms with Crippen LogP contribution < -0.4 is 5.73 Å². The lowest BCUT2D eigenvalue weighted by Gasteiger charge is -2.30. The van der Waals surface area contributed by atoms with Gasteiger partial charge in [0.15, 0.2) is 0 Å². The number of nitrogens with zero attached hydrogens (tertiary/aromatic N) is 1. The first-order valence-corrected chi connectivity index (χ1v) is 5.33. The molecule has 0 aromatic rings. The van der Waals surface area contributed by atoms with E-state index in [1.807, 2.05) is 27.7 Å². The maximum Gasteiger partial charge on any atom is 0.228 e. The van der Waals surface area contributed by atoms with E-state index < -0.39 is 0 Å². The van der Waals surface area contributed by atoms with Crippen molar-refractivity contribution in [2.45, 2.75) is 34.1 Å². The van der Waals surface area contributed by atoms with Crippen molar-refractivity contribution in [2.75, 3.05) is 13.1 Å². The first-order chi connectivity index (χ1) is 6.35. The largest absolute Gasteiger partial charge is 0.392 e. The minimum atomic E-state index is -0.319. The maximum absolute atomic E-state index is 12.0. The van der Waals surface area contributed by atoms with Gasteiger partial charge in [0, 0.05) is 12.0 Å². The number of thiocarbonyl (C=S) groups is 1. The van der Waals surface area contributed by atoms with Crippen LogP contribution in [0.4, 0.5) is 0 Å². The van der Waals surface area contributed by atoms with Crippen LogP contribution in [0.1, 0.15) is 34.1 Å². The molecule has 0 spiro atoms. The van der Waals surface area contributed by atoms with Gasteiger partial charge in [-0.3, -0.25) is 4.79 Å². The van der Waals surface area contributed by atoms with Crippen LogP contribution in [0, 0.1) is 5.41 Å². The summed E-state index contributed by atoms with van der Waals surface area (Å²) < 4.78 is 0. The number of carbonyl (C=O) groups excluding carboxylic acids is 1. The fourth-order valence-electron chi connectivity index (χ4n) is 1.09. The number of likely N-dealkylation sites (N-methyl/N-ethyl adjacent to an activating group) is 1. The summed E-state index contributed by atoms with van der Waals surface area (Å²) in [7, 11) is 0. The molecule has 0 atom stereocenters. The molecule has 0 bridgehead atoms. The summed E-state index contributed by atoms with van der Waals surface area (Å²) in [5.41, 5.74) is 5.11. The number of rotatable bonds is 5. The molecule has 4 heteroatoms. The van der Waals surface area contributed by atoms with Gasteiger partial charge in [-0.25, -0.2) is 0 Å². The lowest BCUT2D eigenvalue weighted by atomic mass is 9.88. The highest BCUT2D eigenvalue weighted by Gasteiger charge is 2.29. The van der Waals surface area contributed by atoms with Gasteiger partial charge in [0.25, 0.3) is 0 Å². The fraction of sp³-hybridized carbons (Fsp3) is 0.800. The lowest BCUT2D eigenvalue weighted by Crippen LogP contribution is -2.44. The minimum absolute atomic E-state index is 0.121. The zero-order valence-corrected chi connectivity index (χ0v) is 10.3. The summed E-state index contributed by atoms with van der Waals surface area (Å²) in [5, 5.41) is 0. The van der Waals surface area contributed by atoms with E-state index in [0.717, 1.165) is 6.42 Å². The molecule has 0 saturated heterocycles. The van der Waals surface area contributed by atoms with Gasteiger partial charge in [-0.2, -0.15) is 0 Å². The van der Waals surface area contributed by atoms with Crippen LogP contribution in [0.15, 0.2) is 0 Å². The second kappa shape index (κ2) is 5.29. The first kappa shape index (κ1) is 13.4. The van der Waals surface area contributed by atoms with Crippen LogP contribution in [0.2, 0.25) is 0 Å². The molecule has 3 nitrogen and oxygen atoms in total. The fourth-order valence-corrected chi connectivity index (χ4v) is 1.25. The van der Waals surface area contributed by atoms with Crippen LogP contribution in [0.25, 0.3) is 0 Å². The molecule has 0 saturated carbocycles. The smallest absolute Gasteiger partial charge is 0.228 e. The van der Waals surface area contributed by atoms with Gasteiger partial charge in [0.2, 0.25) is 5.91 Å². The van der Waals surface area contributed by atoms with Crippen molar-refractivity contribution in [2.24, 2.45) is 11.1 Å². The highest BCUT2D eigenvalue weighted by molar-refractivity contribution is 7.80. The predicted molar refractivity (Wildman–Crippen MR) is 63.1 cm³/mol. The number of carbonyl (C=O) groups is 1. The highest BCUT2D eigenvalue weighted by Crippen LogP contribution is 2.22. The van der Waals surface area contributed by atoms with Crippen LogP contribution in [0.5, 0.6) is 0 Å². The van der Waals surface area contributed by atoms with Crippen LogP contribution in [-0.4, -0.2) is 28.9 Å². The monoisotopic (exact) mass is 216 g/mol. The van der Waals surface area contributed by atoms with Crippen LogP contribution in [-0.2, 0) is 4.79 Å². The van der Waals surface area contributed by atoms with E-state index in [9.17, 15) is 4.79 Å². The molecule has 0 aliphatic rings. The molecule has 0 heterocycles. The Bertz CT molecular complexity index is 226. The van der Waals surface area contributed by atoms with Gasteiger partial charge < -0.3 is 10.6 Å². The average Bonchev–Trinajstić information content (AvgIpc) is 2.12. The molecular weight excluding hydrogens is 196 g/mol. The zero-order valence-electron chi connectivity index (χ0n) is 9.46. The van der Waals surface area contributed by atoms with E-state index in [1.54, 1.807) is 4.90 Å². The number of amides is 1. The van der Waals surface area contributed by atoms with Gasteiger partial charge in [-0.15, -0.1) is 0 Å². The van der Waals surface area contributed by atoms with Crippen LogP contribution in [0.3, 0.4) is 0 Å². The maximum atomic E-state index is 12.0. The van der Waals surface area contributed by atoms with Crippen molar-refractivity contribution < 1.29 is 4.79 Å². The Hall–Kier alpha value is -0.640. The summed E-state index contributed by atoms with van der Waals surface area (Å²) in [4.78, 5) is 14.0. The van der Waals surface area contributed by atoms with E-state index in [4.69, 9.17) is 18.0 Å². The quantitative estimate of drug-likeness (QED) is 0.709. The van der Waals surface area contributed by atoms with Crippen molar-refractivity contribution in [1.29, 1.82) is 0 Å². The van der Waals surface area contributed by atoms with E-state index in [1.165, 1.54) is 0 Å². The predicted octanol–water partition coefficient (Wildman–Crippen LogP) is 1.56. The lowest BCUT2D eigenvalue weighted by molar-refractivity contribution is -0.139. The molecule has 0 aliphatic heterocycles. The van der Waals surface area contributed by atoms with E-state index in [-0.39, 0.29) is 11.3 Å². The molecule has 0 rings (SSSR count). The molecule has 0 aromatic carbocycles. The number of hydrogen-bond donors (Lipinski definition) is 1. The van der Waals surface area contributed by atoms with Gasteiger partial charge in [0.05, 0.1) is 11.5 Å². The van der Waals surface area contributed by atoms with E-state index in [0.29, 0.717) is 18.1 Å². The summed E-state index contributed by atoms with van der Waals surface area (Å²) >= 11 is 4.80. The standard InChI is InChI=1S/C10H20N2OS/c1-5-10(3,4)9(13)12(6-2)7-8(11)14/h5-7H2,1-4H3,(H2,11,14). The Balaban J connectivity index is 4.54. The number of nitrogens with two attached hydrogens (primary N) is 1. The van der Waals surface area contributed by atoms with Crippen LogP contribution >= 0.6 is 12.2 Å². The Kier molecular flexibility index (Phi) is 5.05. The Morgan fingerprint density at radius 2 is 1.93 bits per heavy atom. The molecule has 2 N–H and O–H groups in total. The molecular formula is C10H20N2OS. The third-order valence-electron chi connectivity index (χ3n) is 2.48. The first-order valence-electron chi connectivity index (χ1n) is 4.92. The third-order valence-corrected chi connectivity index (χ3v) is 2.61. The van der Waals surface area contributed by atoms with Gasteiger partial charge >= 0.3 is 0 Å². The van der Waals surface area contributed by atoms with Crippen molar-refractivity contribution in [3.63, 3.8) is 0 Å². The Morgan fingerprint density at radius 1 is 1.43 bits per heavy atom. The third kappa shape index (κ3) is 3.62. The molecule has 14 heavy (non-hydrogen) atoms. The van der Waals surface area contributed by atoms with E-state index in [2.05, 4.69) is 0 Å². The molecule has 0 fully saturated rings. The molecule has 0 aromatic heterocycles. The molecule has 1 amide bonds. The molecule has 0 aliphatic carbocycles. The van der Waals surface area contributed by atoms with Crippen molar-refractivity contribution >= 4 is 23.1 Å². The second-order valence-electron chi connectivity index (χ2n) is 4.02. The summed E-state index contributed by atoms with van der Waals surface area (Å²) in [6.07, 6.45) is 0.819. The van der Waals surface area contributed by atoms with E-state index >= 15 is 0 Å². The van der Waals surface area contributed by atoms with Crippen molar-refractivity contribution in [3.8, 4) is 0 Å². The highest BCUT2D eigenvalue weighted by atomic mass is 32.1. The normalized spacial score (nSPS) is 11.1. The SMILES string of the molecule is CCN(CC(N)=S)C(=O)C(C)(C)CC. The number of hydrogen-bond acceptors (Lipinski definition) is 2.